The molecule has 0 aliphatic carbocycles. The van der Waals surface area contributed by atoms with Gasteiger partial charge < -0.3 is 20.3 Å². The lowest BCUT2D eigenvalue weighted by Gasteiger charge is -2.28. The SMILES string of the molecule is CCS(=O)(=O)Nc1ncccc1CNc1nc(Nc2ccc(N3CCOCC3)cn2)ncc1C(F)(F)F. The molecule has 198 valence electrons. The van der Waals surface area contributed by atoms with Crippen LogP contribution in [0.5, 0.6) is 0 Å². The van der Waals surface area contributed by atoms with E-state index >= 15 is 0 Å². The Hall–Kier alpha value is -3.72. The summed E-state index contributed by atoms with van der Waals surface area (Å²) in [7, 11) is -3.63. The van der Waals surface area contributed by atoms with Crippen molar-refractivity contribution in [2.24, 2.45) is 0 Å². The van der Waals surface area contributed by atoms with Crippen molar-refractivity contribution < 1.29 is 26.3 Å². The number of ether oxygens (including phenoxy) is 1. The first-order valence-electron chi connectivity index (χ1n) is 11.3. The zero-order chi connectivity index (χ0) is 26.5. The minimum atomic E-state index is -4.72. The maximum atomic E-state index is 13.6. The molecule has 0 unspecified atom stereocenters. The zero-order valence-corrected chi connectivity index (χ0v) is 20.6. The third kappa shape index (κ3) is 6.95. The number of nitrogens with one attached hydrogen (secondary N) is 3. The van der Waals surface area contributed by atoms with Crippen molar-refractivity contribution >= 4 is 39.1 Å². The third-order valence-corrected chi connectivity index (χ3v) is 6.69. The molecule has 0 bridgehead atoms. The number of morpholine rings is 1. The fourth-order valence-corrected chi connectivity index (χ4v) is 4.06. The van der Waals surface area contributed by atoms with Gasteiger partial charge in [0.05, 0.1) is 30.9 Å². The van der Waals surface area contributed by atoms with Crippen LogP contribution in [0, 0.1) is 0 Å². The number of anilines is 5. The smallest absolute Gasteiger partial charge is 0.378 e. The first-order chi connectivity index (χ1) is 17.6. The van der Waals surface area contributed by atoms with Gasteiger partial charge in [0.1, 0.15) is 23.0 Å². The normalized spacial score (nSPS) is 14.3. The molecule has 3 aromatic rings. The largest absolute Gasteiger partial charge is 0.421 e. The molecule has 3 N–H and O–H groups in total. The second-order valence-corrected chi connectivity index (χ2v) is 9.96. The molecular weight excluding hydrogens is 513 g/mol. The van der Waals surface area contributed by atoms with E-state index < -0.39 is 27.6 Å². The number of halogens is 3. The van der Waals surface area contributed by atoms with Gasteiger partial charge in [-0.2, -0.15) is 18.2 Å². The lowest BCUT2D eigenvalue weighted by molar-refractivity contribution is -0.137. The van der Waals surface area contributed by atoms with Crippen LogP contribution in [0.15, 0.2) is 42.9 Å². The van der Waals surface area contributed by atoms with Crippen molar-refractivity contribution in [3.8, 4) is 0 Å². The van der Waals surface area contributed by atoms with Gasteiger partial charge >= 0.3 is 6.18 Å². The lowest BCUT2D eigenvalue weighted by atomic mass is 10.2. The maximum Gasteiger partial charge on any atom is 0.421 e. The van der Waals surface area contributed by atoms with Gasteiger partial charge in [0.2, 0.25) is 16.0 Å². The molecular formula is C22H25F3N8O3S. The molecule has 0 amide bonds. The van der Waals surface area contributed by atoms with Gasteiger partial charge in [-0.15, -0.1) is 0 Å². The van der Waals surface area contributed by atoms with Gasteiger partial charge in [-0.25, -0.2) is 23.4 Å². The molecule has 0 radical (unpaired) electrons. The standard InChI is InChI=1S/C22H25F3N8O3S/c1-2-37(34,35)32-19-15(4-3-7-26-19)12-28-20-17(22(23,24)25)14-29-21(31-20)30-18-6-5-16(13-27-18)33-8-10-36-11-9-33/h3-7,13-14H,2,8-12H2,1H3,(H,26,32)(H2,27,28,29,30,31). The van der Waals surface area contributed by atoms with E-state index in [1.54, 1.807) is 24.4 Å². The summed E-state index contributed by atoms with van der Waals surface area (Å²) in [6.07, 6.45) is -1.02. The summed E-state index contributed by atoms with van der Waals surface area (Å²) in [5, 5.41) is 5.45. The molecule has 15 heteroatoms. The summed E-state index contributed by atoms with van der Waals surface area (Å²) in [6, 6.07) is 6.61. The maximum absolute atomic E-state index is 13.6. The van der Waals surface area contributed by atoms with E-state index in [1.807, 2.05) is 6.07 Å². The predicted octanol–water partition coefficient (Wildman–Crippen LogP) is 3.24. The molecule has 4 rings (SSSR count). The molecule has 1 saturated heterocycles. The topological polar surface area (TPSA) is 134 Å². The average molecular weight is 539 g/mol. The van der Waals surface area contributed by atoms with Crippen molar-refractivity contribution in [1.82, 2.24) is 19.9 Å². The Morgan fingerprint density at radius 2 is 1.84 bits per heavy atom. The molecule has 0 saturated carbocycles. The van der Waals surface area contributed by atoms with Gasteiger partial charge in [0.15, 0.2) is 0 Å². The molecule has 3 aromatic heterocycles. The quantitative estimate of drug-likeness (QED) is 0.373. The lowest BCUT2D eigenvalue weighted by Crippen LogP contribution is -2.36. The number of aromatic nitrogens is 4. The minimum Gasteiger partial charge on any atom is -0.378 e. The Balaban J connectivity index is 1.52. The zero-order valence-electron chi connectivity index (χ0n) is 19.8. The number of hydrogen-bond donors (Lipinski definition) is 3. The van der Waals surface area contributed by atoms with Crippen LogP contribution in [0.25, 0.3) is 0 Å². The fourth-order valence-electron chi connectivity index (χ4n) is 3.44. The molecule has 0 atom stereocenters. The van der Waals surface area contributed by atoms with Crippen LogP contribution in [0.2, 0.25) is 0 Å². The number of rotatable bonds is 9. The third-order valence-electron chi connectivity index (χ3n) is 5.43. The van der Waals surface area contributed by atoms with E-state index in [0.29, 0.717) is 30.8 Å². The van der Waals surface area contributed by atoms with Crippen LogP contribution in [0.1, 0.15) is 18.1 Å². The molecule has 4 heterocycles. The number of sulfonamides is 1. The van der Waals surface area contributed by atoms with E-state index in [2.05, 4.69) is 40.2 Å². The van der Waals surface area contributed by atoms with Crippen molar-refractivity contribution in [2.75, 3.05) is 52.3 Å². The first-order valence-corrected chi connectivity index (χ1v) is 13.0. The molecule has 1 fully saturated rings. The first kappa shape index (κ1) is 26.3. The highest BCUT2D eigenvalue weighted by Crippen LogP contribution is 2.34. The fraction of sp³-hybridized carbons (Fsp3) is 0.364. The molecule has 1 aliphatic heterocycles. The summed E-state index contributed by atoms with van der Waals surface area (Å²) < 4.78 is 72.5. The van der Waals surface area contributed by atoms with Gasteiger partial charge in [0.25, 0.3) is 0 Å². The second-order valence-electron chi connectivity index (χ2n) is 7.95. The molecule has 0 spiro atoms. The van der Waals surface area contributed by atoms with Crippen LogP contribution in [0.3, 0.4) is 0 Å². The number of hydrogen-bond acceptors (Lipinski definition) is 10. The van der Waals surface area contributed by atoms with Crippen LogP contribution in [-0.4, -0.2) is 60.4 Å². The number of alkyl halides is 3. The minimum absolute atomic E-state index is 0.0161. The summed E-state index contributed by atoms with van der Waals surface area (Å²) in [6.45, 7) is 4.01. The number of nitrogens with zero attached hydrogens (tertiary/aromatic N) is 5. The van der Waals surface area contributed by atoms with E-state index in [4.69, 9.17) is 4.74 Å². The van der Waals surface area contributed by atoms with Crippen LogP contribution in [0.4, 0.5) is 42.3 Å². The van der Waals surface area contributed by atoms with Gasteiger partial charge in [-0.05, 0) is 25.1 Å². The van der Waals surface area contributed by atoms with Crippen LogP contribution >= 0.6 is 0 Å². The Labute approximate surface area is 211 Å². The van der Waals surface area contributed by atoms with E-state index in [-0.39, 0.29) is 24.1 Å². The van der Waals surface area contributed by atoms with E-state index in [0.717, 1.165) is 18.8 Å². The van der Waals surface area contributed by atoms with Crippen LogP contribution in [-0.2, 0) is 27.5 Å². The average Bonchev–Trinajstić information content (AvgIpc) is 2.88. The number of pyridine rings is 2. The van der Waals surface area contributed by atoms with Crippen molar-refractivity contribution in [1.29, 1.82) is 0 Å². The summed E-state index contributed by atoms with van der Waals surface area (Å²) >= 11 is 0. The Bertz CT molecular complexity index is 1320. The predicted molar refractivity (Wildman–Crippen MR) is 132 cm³/mol. The molecule has 1 aliphatic rings. The van der Waals surface area contributed by atoms with E-state index in [1.165, 1.54) is 13.1 Å². The van der Waals surface area contributed by atoms with Gasteiger partial charge in [-0.1, -0.05) is 6.07 Å². The monoisotopic (exact) mass is 538 g/mol. The Morgan fingerprint density at radius 3 is 2.51 bits per heavy atom. The highest BCUT2D eigenvalue weighted by molar-refractivity contribution is 7.92. The molecule has 37 heavy (non-hydrogen) atoms. The summed E-state index contributed by atoms with van der Waals surface area (Å²) in [5.41, 5.74) is 0.157. The Kier molecular flexibility index (Phi) is 7.92. The van der Waals surface area contributed by atoms with E-state index in [9.17, 15) is 21.6 Å². The Morgan fingerprint density at radius 1 is 1.05 bits per heavy atom. The second kappa shape index (κ2) is 11.1. The highest BCUT2D eigenvalue weighted by atomic mass is 32.2. The van der Waals surface area contributed by atoms with Gasteiger partial charge in [0, 0.05) is 37.6 Å². The van der Waals surface area contributed by atoms with Crippen molar-refractivity contribution in [2.45, 2.75) is 19.6 Å². The van der Waals surface area contributed by atoms with Gasteiger partial charge in [-0.3, -0.25) is 4.72 Å². The highest BCUT2D eigenvalue weighted by Gasteiger charge is 2.35. The summed E-state index contributed by atoms with van der Waals surface area (Å²) in [5.74, 6) is -0.395. The van der Waals surface area contributed by atoms with Crippen molar-refractivity contribution in [3.05, 3.63) is 54.0 Å². The van der Waals surface area contributed by atoms with Crippen molar-refractivity contribution in [3.63, 3.8) is 0 Å². The molecule has 0 aromatic carbocycles. The molecule has 11 nitrogen and oxygen atoms in total. The summed E-state index contributed by atoms with van der Waals surface area (Å²) in [4.78, 5) is 18.2. The van der Waals surface area contributed by atoms with Crippen LogP contribution < -0.4 is 20.3 Å².